The Kier molecular flexibility index (Phi) is 5.23. The van der Waals surface area contributed by atoms with Crippen LogP contribution in [0.15, 0.2) is 4.42 Å². The summed E-state index contributed by atoms with van der Waals surface area (Å²) in [5.41, 5.74) is 0. The summed E-state index contributed by atoms with van der Waals surface area (Å²) in [4.78, 5) is 0. The molecule has 1 aromatic rings. The molecule has 0 aliphatic rings. The lowest BCUT2D eigenvalue weighted by Gasteiger charge is -2.15. The summed E-state index contributed by atoms with van der Waals surface area (Å²) in [5, 5.41) is 19.6. The first-order chi connectivity index (χ1) is 7.26. The first-order valence-corrected chi connectivity index (χ1v) is 4.88. The second kappa shape index (κ2) is 6.49. The highest BCUT2D eigenvalue weighted by molar-refractivity contribution is 4.79. The van der Waals surface area contributed by atoms with Crippen molar-refractivity contribution in [2.24, 2.45) is 0 Å². The highest BCUT2D eigenvalue weighted by Gasteiger charge is 2.09. The standard InChI is InChI=1S/C9H17N3O3/c1-7-11-12-9(15-7)5-10-8(3-4-13)6-14-2/h8,10,13H,3-6H2,1-2H3. The first-order valence-electron chi connectivity index (χ1n) is 4.88. The van der Waals surface area contributed by atoms with Gasteiger partial charge in [0.2, 0.25) is 11.8 Å². The average molecular weight is 215 g/mol. The average Bonchev–Trinajstić information content (AvgIpc) is 2.61. The number of aliphatic hydroxyl groups is 1. The Morgan fingerprint density at radius 3 is 2.87 bits per heavy atom. The van der Waals surface area contributed by atoms with Crippen molar-refractivity contribution in [3.05, 3.63) is 11.8 Å². The molecule has 1 aromatic heterocycles. The van der Waals surface area contributed by atoms with Gasteiger partial charge < -0.3 is 19.6 Å². The van der Waals surface area contributed by atoms with Crippen LogP contribution in [0.5, 0.6) is 0 Å². The lowest BCUT2D eigenvalue weighted by atomic mass is 10.2. The van der Waals surface area contributed by atoms with E-state index in [1.165, 1.54) is 0 Å². The minimum absolute atomic E-state index is 0.104. The number of ether oxygens (including phenoxy) is 1. The number of hydrogen-bond acceptors (Lipinski definition) is 6. The number of rotatable bonds is 7. The SMILES string of the molecule is COCC(CCO)NCc1nnc(C)o1. The quantitative estimate of drug-likeness (QED) is 0.659. The maximum absolute atomic E-state index is 8.82. The molecule has 6 nitrogen and oxygen atoms in total. The molecule has 1 unspecified atom stereocenters. The molecule has 0 saturated carbocycles. The van der Waals surface area contributed by atoms with Crippen LogP contribution in [0.1, 0.15) is 18.2 Å². The van der Waals surface area contributed by atoms with E-state index in [4.69, 9.17) is 14.3 Å². The predicted molar refractivity (Wildman–Crippen MR) is 53.2 cm³/mol. The van der Waals surface area contributed by atoms with Gasteiger partial charge in [-0.05, 0) is 6.42 Å². The fourth-order valence-corrected chi connectivity index (χ4v) is 1.24. The van der Waals surface area contributed by atoms with Crippen LogP contribution in [0, 0.1) is 6.92 Å². The fourth-order valence-electron chi connectivity index (χ4n) is 1.24. The van der Waals surface area contributed by atoms with Crippen molar-refractivity contribution in [2.45, 2.75) is 25.9 Å². The minimum Gasteiger partial charge on any atom is -0.424 e. The first kappa shape index (κ1) is 12.1. The van der Waals surface area contributed by atoms with Gasteiger partial charge in [-0.25, -0.2) is 0 Å². The zero-order valence-electron chi connectivity index (χ0n) is 9.06. The summed E-state index contributed by atoms with van der Waals surface area (Å²) in [6.45, 7) is 2.92. The van der Waals surface area contributed by atoms with Crippen molar-refractivity contribution in [1.29, 1.82) is 0 Å². The van der Waals surface area contributed by atoms with Gasteiger partial charge in [0.15, 0.2) is 0 Å². The summed E-state index contributed by atoms with van der Waals surface area (Å²) in [5.74, 6) is 1.10. The van der Waals surface area contributed by atoms with Gasteiger partial charge in [0, 0.05) is 26.7 Å². The molecule has 0 aliphatic heterocycles. The highest BCUT2D eigenvalue weighted by atomic mass is 16.5. The number of nitrogens with one attached hydrogen (secondary N) is 1. The molecule has 0 aliphatic carbocycles. The van der Waals surface area contributed by atoms with Gasteiger partial charge in [-0.15, -0.1) is 10.2 Å². The van der Waals surface area contributed by atoms with Crippen molar-refractivity contribution in [3.8, 4) is 0 Å². The molecular formula is C9H17N3O3. The van der Waals surface area contributed by atoms with E-state index < -0.39 is 0 Å². The molecule has 0 aromatic carbocycles. The number of hydrogen-bond donors (Lipinski definition) is 2. The minimum atomic E-state index is 0.104. The molecule has 6 heteroatoms. The largest absolute Gasteiger partial charge is 0.424 e. The normalized spacial score (nSPS) is 13.0. The molecule has 1 heterocycles. The molecule has 0 fully saturated rings. The Balaban J connectivity index is 2.32. The molecule has 2 N–H and O–H groups in total. The Bertz CT molecular complexity index is 271. The van der Waals surface area contributed by atoms with Crippen molar-refractivity contribution >= 4 is 0 Å². The lowest BCUT2D eigenvalue weighted by Crippen LogP contribution is -2.33. The topological polar surface area (TPSA) is 80.4 Å². The van der Waals surface area contributed by atoms with Crippen LogP contribution >= 0.6 is 0 Å². The summed E-state index contributed by atoms with van der Waals surface area (Å²) in [7, 11) is 1.63. The van der Waals surface area contributed by atoms with Crippen LogP contribution in [0.3, 0.4) is 0 Å². The third-order valence-corrected chi connectivity index (χ3v) is 1.96. The summed E-state index contributed by atoms with van der Waals surface area (Å²) >= 11 is 0. The van der Waals surface area contributed by atoms with Gasteiger partial charge in [-0.2, -0.15) is 0 Å². The molecule has 0 bridgehead atoms. The van der Waals surface area contributed by atoms with Crippen molar-refractivity contribution in [3.63, 3.8) is 0 Å². The second-order valence-electron chi connectivity index (χ2n) is 3.26. The van der Waals surface area contributed by atoms with E-state index in [9.17, 15) is 0 Å². The van der Waals surface area contributed by atoms with Crippen molar-refractivity contribution < 1.29 is 14.3 Å². The third-order valence-electron chi connectivity index (χ3n) is 1.96. The fraction of sp³-hybridized carbons (Fsp3) is 0.778. The number of aliphatic hydroxyl groups excluding tert-OH is 1. The van der Waals surface area contributed by atoms with E-state index in [1.807, 2.05) is 0 Å². The highest BCUT2D eigenvalue weighted by Crippen LogP contribution is 1.99. The molecule has 1 rings (SSSR count). The van der Waals surface area contributed by atoms with E-state index in [-0.39, 0.29) is 12.6 Å². The Morgan fingerprint density at radius 2 is 2.33 bits per heavy atom. The maximum atomic E-state index is 8.82. The Labute approximate surface area is 88.6 Å². The molecule has 0 radical (unpaired) electrons. The summed E-state index contributed by atoms with van der Waals surface area (Å²) < 4.78 is 10.2. The van der Waals surface area contributed by atoms with Crippen LogP contribution in [0.2, 0.25) is 0 Å². The number of nitrogens with zero attached hydrogens (tertiary/aromatic N) is 2. The number of aromatic nitrogens is 2. The van der Waals surface area contributed by atoms with Crippen LogP contribution in [0.25, 0.3) is 0 Å². The van der Waals surface area contributed by atoms with Crippen molar-refractivity contribution in [2.75, 3.05) is 20.3 Å². The van der Waals surface area contributed by atoms with Crippen LogP contribution in [0.4, 0.5) is 0 Å². The van der Waals surface area contributed by atoms with Crippen LogP contribution in [-0.2, 0) is 11.3 Å². The van der Waals surface area contributed by atoms with E-state index in [1.54, 1.807) is 14.0 Å². The maximum Gasteiger partial charge on any atom is 0.230 e. The van der Waals surface area contributed by atoms with Gasteiger partial charge in [-0.1, -0.05) is 0 Å². The summed E-state index contributed by atoms with van der Waals surface area (Å²) in [6, 6.07) is 0.104. The molecule has 0 spiro atoms. The van der Waals surface area contributed by atoms with Gasteiger partial charge in [0.05, 0.1) is 13.2 Å². The zero-order valence-corrected chi connectivity index (χ0v) is 9.06. The Hall–Kier alpha value is -0.980. The molecule has 15 heavy (non-hydrogen) atoms. The predicted octanol–water partition coefficient (Wildman–Crippen LogP) is -0.135. The van der Waals surface area contributed by atoms with Gasteiger partial charge >= 0.3 is 0 Å². The van der Waals surface area contributed by atoms with Gasteiger partial charge in [0.1, 0.15) is 0 Å². The smallest absolute Gasteiger partial charge is 0.230 e. The summed E-state index contributed by atoms with van der Waals surface area (Å²) in [6.07, 6.45) is 0.640. The second-order valence-corrected chi connectivity index (χ2v) is 3.26. The number of methoxy groups -OCH3 is 1. The van der Waals surface area contributed by atoms with Crippen molar-refractivity contribution in [1.82, 2.24) is 15.5 Å². The Morgan fingerprint density at radius 1 is 1.53 bits per heavy atom. The monoisotopic (exact) mass is 215 g/mol. The van der Waals surface area contributed by atoms with Gasteiger partial charge in [0.25, 0.3) is 0 Å². The van der Waals surface area contributed by atoms with Gasteiger partial charge in [-0.3, -0.25) is 0 Å². The third kappa shape index (κ3) is 4.37. The molecule has 0 amide bonds. The van der Waals surface area contributed by atoms with Crippen LogP contribution in [-0.4, -0.2) is 41.7 Å². The zero-order chi connectivity index (χ0) is 11.1. The van der Waals surface area contributed by atoms with E-state index in [0.29, 0.717) is 31.4 Å². The van der Waals surface area contributed by atoms with E-state index >= 15 is 0 Å². The van der Waals surface area contributed by atoms with E-state index in [0.717, 1.165) is 0 Å². The molecule has 0 saturated heterocycles. The number of aryl methyl sites for hydroxylation is 1. The molecule has 1 atom stereocenters. The van der Waals surface area contributed by atoms with Crippen LogP contribution < -0.4 is 5.32 Å². The molecular weight excluding hydrogens is 198 g/mol. The lowest BCUT2D eigenvalue weighted by molar-refractivity contribution is 0.146. The van der Waals surface area contributed by atoms with E-state index in [2.05, 4.69) is 15.5 Å². The molecule has 86 valence electrons.